The molecule has 224 valence electrons. The fourth-order valence-electron chi connectivity index (χ4n) is 6.81. The van der Waals surface area contributed by atoms with Crippen LogP contribution in [0.4, 0.5) is 5.69 Å². The number of nitrogens with zero attached hydrogens (tertiary/aromatic N) is 2. The number of piperidine rings is 1. The van der Waals surface area contributed by atoms with Crippen molar-refractivity contribution in [2.24, 2.45) is 5.92 Å². The summed E-state index contributed by atoms with van der Waals surface area (Å²) in [6, 6.07) is 22.2. The van der Waals surface area contributed by atoms with Crippen LogP contribution in [-0.4, -0.2) is 58.5 Å². The molecule has 1 saturated heterocycles. The topological polar surface area (TPSA) is 34.2 Å². The highest BCUT2D eigenvalue weighted by atomic mass is 16.5. The Hall–Kier alpha value is -3.18. The number of ether oxygens (including phenoxy) is 3. The minimum atomic E-state index is 0.509. The number of hydrogen-bond acceptors (Lipinski definition) is 5. The second-order valence-corrected chi connectivity index (χ2v) is 12.5. The van der Waals surface area contributed by atoms with Crippen LogP contribution in [0.1, 0.15) is 66.7 Å². The van der Waals surface area contributed by atoms with Crippen molar-refractivity contribution >= 4 is 5.69 Å². The summed E-state index contributed by atoms with van der Waals surface area (Å²) >= 11 is 0. The van der Waals surface area contributed by atoms with E-state index in [-0.39, 0.29) is 0 Å². The van der Waals surface area contributed by atoms with Gasteiger partial charge in [0.2, 0.25) is 0 Å². The van der Waals surface area contributed by atoms with Crippen LogP contribution < -0.4 is 19.1 Å². The van der Waals surface area contributed by atoms with Crippen molar-refractivity contribution in [3.63, 3.8) is 0 Å². The molecule has 2 fully saturated rings. The summed E-state index contributed by atoms with van der Waals surface area (Å²) in [4.78, 5) is 5.18. The van der Waals surface area contributed by atoms with E-state index < -0.39 is 0 Å². The van der Waals surface area contributed by atoms with Crippen molar-refractivity contribution in [2.75, 3.05) is 58.5 Å². The average Bonchev–Trinajstić information content (AvgIpc) is 3.87. The summed E-state index contributed by atoms with van der Waals surface area (Å²) < 4.78 is 17.3. The highest BCUT2D eigenvalue weighted by Gasteiger charge is 2.29. The third-order valence-electron chi connectivity index (χ3n) is 9.55. The van der Waals surface area contributed by atoms with E-state index >= 15 is 0 Å². The van der Waals surface area contributed by atoms with Crippen molar-refractivity contribution in [1.82, 2.24) is 4.90 Å². The molecule has 3 aromatic rings. The van der Waals surface area contributed by atoms with Crippen LogP contribution in [-0.2, 0) is 19.3 Å². The van der Waals surface area contributed by atoms with E-state index in [0.29, 0.717) is 5.92 Å². The Labute approximate surface area is 252 Å². The average molecular weight is 569 g/mol. The zero-order valence-corrected chi connectivity index (χ0v) is 25.7. The molecule has 6 rings (SSSR count). The fourth-order valence-corrected chi connectivity index (χ4v) is 6.81. The lowest BCUT2D eigenvalue weighted by Crippen LogP contribution is -2.33. The first-order chi connectivity index (χ1) is 20.7. The van der Waals surface area contributed by atoms with Gasteiger partial charge >= 0.3 is 0 Å². The molecule has 0 bridgehead atoms. The maximum absolute atomic E-state index is 6.09. The van der Waals surface area contributed by atoms with Gasteiger partial charge in [0.15, 0.2) is 0 Å². The highest BCUT2D eigenvalue weighted by molar-refractivity contribution is 5.60. The Morgan fingerprint density at radius 2 is 1.52 bits per heavy atom. The molecule has 1 atom stereocenters. The van der Waals surface area contributed by atoms with Crippen LogP contribution in [0.25, 0.3) is 0 Å². The first-order valence-corrected chi connectivity index (χ1v) is 16.2. The molecular formula is C37H48N2O3. The quantitative estimate of drug-likeness (QED) is 0.216. The van der Waals surface area contributed by atoms with E-state index in [4.69, 9.17) is 14.2 Å². The number of anilines is 1. The molecule has 1 unspecified atom stereocenters. The standard InChI is InChI=1S/C37H48N2O3/c1-40-34-15-12-30-24-32(11-10-31(30)25-34)36-17-16-35(41-2)26-37(36)39(27-29-6-7-29)21-18-28-8-13-33(14-9-28)42-23-22-38-19-4-3-5-20-38/h8-9,12-17,25-26,29,32H,3-7,10-11,18-24,27H2,1-2H3. The van der Waals surface area contributed by atoms with E-state index in [1.165, 1.54) is 73.1 Å². The largest absolute Gasteiger partial charge is 0.497 e. The second-order valence-electron chi connectivity index (χ2n) is 12.5. The summed E-state index contributed by atoms with van der Waals surface area (Å²) in [6.07, 6.45) is 11.1. The first-order valence-electron chi connectivity index (χ1n) is 16.2. The molecule has 1 heterocycles. The van der Waals surface area contributed by atoms with Crippen molar-refractivity contribution in [3.05, 3.63) is 82.9 Å². The molecule has 0 aromatic heterocycles. The third-order valence-corrected chi connectivity index (χ3v) is 9.55. The predicted molar refractivity (Wildman–Crippen MR) is 172 cm³/mol. The fraction of sp³-hybridized carbons (Fsp3) is 0.514. The van der Waals surface area contributed by atoms with E-state index in [1.54, 1.807) is 14.2 Å². The Balaban J connectivity index is 1.13. The van der Waals surface area contributed by atoms with Crippen molar-refractivity contribution in [1.29, 1.82) is 0 Å². The minimum Gasteiger partial charge on any atom is -0.497 e. The molecule has 1 saturated carbocycles. The van der Waals surface area contributed by atoms with E-state index in [9.17, 15) is 0 Å². The molecule has 42 heavy (non-hydrogen) atoms. The summed E-state index contributed by atoms with van der Waals surface area (Å²) in [5.41, 5.74) is 7.09. The van der Waals surface area contributed by atoms with Crippen LogP contribution >= 0.6 is 0 Å². The lowest BCUT2D eigenvalue weighted by Gasteiger charge is -2.32. The van der Waals surface area contributed by atoms with Gasteiger partial charge in [-0.3, -0.25) is 4.90 Å². The van der Waals surface area contributed by atoms with Gasteiger partial charge in [-0.15, -0.1) is 0 Å². The van der Waals surface area contributed by atoms with Gasteiger partial charge in [-0.25, -0.2) is 0 Å². The van der Waals surface area contributed by atoms with Gasteiger partial charge in [-0.1, -0.05) is 30.7 Å². The number of rotatable bonds is 13. The second kappa shape index (κ2) is 13.9. The zero-order chi connectivity index (χ0) is 28.7. The molecule has 3 aromatic carbocycles. The molecule has 0 spiro atoms. The number of methoxy groups -OCH3 is 2. The molecule has 0 radical (unpaired) electrons. The molecule has 5 heteroatoms. The molecular weight excluding hydrogens is 520 g/mol. The van der Waals surface area contributed by atoms with Gasteiger partial charge in [0.25, 0.3) is 0 Å². The number of likely N-dealkylation sites (tertiary alicyclic amines) is 1. The number of aryl methyl sites for hydroxylation is 1. The van der Waals surface area contributed by atoms with Crippen molar-refractivity contribution < 1.29 is 14.2 Å². The minimum absolute atomic E-state index is 0.509. The first kappa shape index (κ1) is 28.9. The van der Waals surface area contributed by atoms with Crippen LogP contribution in [0.15, 0.2) is 60.7 Å². The SMILES string of the molecule is COc1ccc2c(c1)CCC(c1ccc(OC)cc1N(CCc1ccc(OCCN3CCCCC3)cc1)CC1CC1)C2. The molecule has 3 aliphatic rings. The summed E-state index contributed by atoms with van der Waals surface area (Å²) in [5, 5.41) is 0. The molecule has 1 aliphatic heterocycles. The molecule has 2 aliphatic carbocycles. The van der Waals surface area contributed by atoms with E-state index in [2.05, 4.69) is 70.5 Å². The number of benzene rings is 3. The van der Waals surface area contributed by atoms with Crippen LogP contribution in [0.2, 0.25) is 0 Å². The van der Waals surface area contributed by atoms with Gasteiger partial charge in [-0.2, -0.15) is 0 Å². The highest BCUT2D eigenvalue weighted by Crippen LogP contribution is 2.41. The van der Waals surface area contributed by atoms with Crippen molar-refractivity contribution in [3.8, 4) is 17.2 Å². The van der Waals surface area contributed by atoms with Crippen LogP contribution in [0.5, 0.6) is 17.2 Å². The van der Waals surface area contributed by atoms with Crippen LogP contribution in [0, 0.1) is 5.92 Å². The maximum atomic E-state index is 6.09. The third kappa shape index (κ3) is 7.42. The van der Waals surface area contributed by atoms with E-state index in [0.717, 1.165) is 75.1 Å². The summed E-state index contributed by atoms with van der Waals surface area (Å²) in [6.45, 7) is 6.37. The Morgan fingerprint density at radius 3 is 2.29 bits per heavy atom. The zero-order valence-electron chi connectivity index (χ0n) is 25.7. The summed E-state index contributed by atoms with van der Waals surface area (Å²) in [7, 11) is 3.54. The van der Waals surface area contributed by atoms with Gasteiger partial charge in [0.1, 0.15) is 23.9 Å². The Bertz CT molecular complexity index is 1300. The van der Waals surface area contributed by atoms with Gasteiger partial charge in [-0.05, 0) is 129 Å². The van der Waals surface area contributed by atoms with Gasteiger partial charge < -0.3 is 19.1 Å². The molecule has 0 N–H and O–H groups in total. The number of hydrogen-bond donors (Lipinski definition) is 0. The smallest absolute Gasteiger partial charge is 0.120 e. The predicted octanol–water partition coefficient (Wildman–Crippen LogP) is 7.30. The Morgan fingerprint density at radius 1 is 0.786 bits per heavy atom. The van der Waals surface area contributed by atoms with Crippen molar-refractivity contribution in [2.45, 2.75) is 63.7 Å². The van der Waals surface area contributed by atoms with E-state index in [1.807, 2.05) is 0 Å². The molecule has 5 nitrogen and oxygen atoms in total. The summed E-state index contributed by atoms with van der Waals surface area (Å²) in [5.74, 6) is 4.21. The van der Waals surface area contributed by atoms with Crippen LogP contribution in [0.3, 0.4) is 0 Å². The maximum Gasteiger partial charge on any atom is 0.120 e. The normalized spacial score (nSPS) is 18.8. The monoisotopic (exact) mass is 568 g/mol. The lowest BCUT2D eigenvalue weighted by molar-refractivity contribution is 0.183. The Kier molecular flexibility index (Phi) is 9.54. The number of fused-ring (bicyclic) bond motifs is 1. The van der Waals surface area contributed by atoms with Gasteiger partial charge in [0.05, 0.1) is 14.2 Å². The molecule has 0 amide bonds. The lowest BCUT2D eigenvalue weighted by atomic mass is 9.79. The van der Waals surface area contributed by atoms with Gasteiger partial charge in [0, 0.05) is 31.4 Å².